The van der Waals surface area contributed by atoms with Gasteiger partial charge in [0.2, 0.25) is 0 Å². The first-order valence-electron chi connectivity index (χ1n) is 10.1. The van der Waals surface area contributed by atoms with Crippen LogP contribution in [0.15, 0.2) is 47.9 Å². The molecule has 0 amide bonds. The summed E-state index contributed by atoms with van der Waals surface area (Å²) < 4.78 is 30.9. The topological polar surface area (TPSA) is 111 Å². The third kappa shape index (κ3) is 3.49. The zero-order chi connectivity index (χ0) is 21.6. The number of hydrogen-bond acceptors (Lipinski definition) is 7. The van der Waals surface area contributed by atoms with Crippen LogP contribution in [0.5, 0.6) is 0 Å². The number of fused-ring (bicyclic) bond motifs is 1. The van der Waals surface area contributed by atoms with E-state index in [1.54, 1.807) is 41.6 Å². The van der Waals surface area contributed by atoms with E-state index < -0.39 is 10.0 Å². The molecule has 1 saturated heterocycles. The van der Waals surface area contributed by atoms with Crippen molar-refractivity contribution in [1.29, 1.82) is 0 Å². The van der Waals surface area contributed by atoms with Crippen molar-refractivity contribution < 1.29 is 8.42 Å². The molecule has 160 valence electrons. The molecule has 1 fully saturated rings. The standard InChI is InChI=1S/C20H22N8O2S/c1-14-22-19(13-26(14)2)31(29,30)27-10-7-15(8-11-27)20-24-23-18-6-5-17(25-28(18)20)16-4-3-9-21-12-16/h3-6,9,12-13,15H,7-8,10-11H2,1-2H3. The van der Waals surface area contributed by atoms with Gasteiger partial charge >= 0.3 is 0 Å². The van der Waals surface area contributed by atoms with Crippen molar-refractivity contribution in [3.05, 3.63) is 54.5 Å². The molecule has 0 bridgehead atoms. The second kappa shape index (κ2) is 7.50. The van der Waals surface area contributed by atoms with Crippen LogP contribution in [-0.4, -0.2) is 60.2 Å². The first-order valence-corrected chi connectivity index (χ1v) is 11.5. The molecule has 0 aliphatic carbocycles. The Morgan fingerprint density at radius 2 is 1.90 bits per heavy atom. The van der Waals surface area contributed by atoms with Crippen molar-refractivity contribution in [3.63, 3.8) is 0 Å². The van der Waals surface area contributed by atoms with Crippen LogP contribution in [0.4, 0.5) is 0 Å². The third-order valence-electron chi connectivity index (χ3n) is 5.75. The molecule has 10 nitrogen and oxygen atoms in total. The van der Waals surface area contributed by atoms with E-state index in [4.69, 9.17) is 5.10 Å². The van der Waals surface area contributed by atoms with Gasteiger partial charge in [-0.2, -0.15) is 13.9 Å². The van der Waals surface area contributed by atoms with Gasteiger partial charge in [0, 0.05) is 50.2 Å². The fraction of sp³-hybridized carbons (Fsp3) is 0.350. The van der Waals surface area contributed by atoms with E-state index in [0.717, 1.165) is 17.1 Å². The molecule has 31 heavy (non-hydrogen) atoms. The smallest absolute Gasteiger partial charge is 0.262 e. The minimum absolute atomic E-state index is 0.0727. The number of aryl methyl sites for hydroxylation is 2. The summed E-state index contributed by atoms with van der Waals surface area (Å²) in [5.74, 6) is 1.49. The largest absolute Gasteiger partial charge is 0.337 e. The number of pyridine rings is 1. The van der Waals surface area contributed by atoms with Crippen LogP contribution in [0.1, 0.15) is 30.4 Å². The van der Waals surface area contributed by atoms with Gasteiger partial charge in [-0.3, -0.25) is 4.98 Å². The maximum atomic E-state index is 13.0. The van der Waals surface area contributed by atoms with Crippen LogP contribution < -0.4 is 0 Å². The molecule has 5 heterocycles. The maximum Gasteiger partial charge on any atom is 0.262 e. The van der Waals surface area contributed by atoms with E-state index in [0.29, 0.717) is 37.4 Å². The van der Waals surface area contributed by atoms with Crippen LogP contribution in [-0.2, 0) is 17.1 Å². The Morgan fingerprint density at radius 3 is 2.58 bits per heavy atom. The molecule has 4 aromatic rings. The molecule has 0 N–H and O–H groups in total. The number of nitrogens with zero attached hydrogens (tertiary/aromatic N) is 8. The van der Waals surface area contributed by atoms with Crippen molar-refractivity contribution in [2.45, 2.75) is 30.7 Å². The van der Waals surface area contributed by atoms with Crippen molar-refractivity contribution >= 4 is 15.7 Å². The van der Waals surface area contributed by atoms with E-state index in [-0.39, 0.29) is 10.9 Å². The second-order valence-corrected chi connectivity index (χ2v) is 9.59. The molecular weight excluding hydrogens is 416 g/mol. The van der Waals surface area contributed by atoms with Gasteiger partial charge < -0.3 is 4.57 Å². The highest BCUT2D eigenvalue weighted by molar-refractivity contribution is 7.89. The summed E-state index contributed by atoms with van der Waals surface area (Å²) in [4.78, 5) is 8.35. The van der Waals surface area contributed by atoms with Gasteiger partial charge in [-0.1, -0.05) is 0 Å². The summed E-state index contributed by atoms with van der Waals surface area (Å²) in [6, 6.07) is 7.60. The minimum Gasteiger partial charge on any atom is -0.337 e. The zero-order valence-corrected chi connectivity index (χ0v) is 18.1. The second-order valence-electron chi connectivity index (χ2n) is 7.70. The first kappa shape index (κ1) is 19.8. The van der Waals surface area contributed by atoms with Crippen molar-refractivity contribution in [1.82, 2.24) is 38.7 Å². The highest BCUT2D eigenvalue weighted by Crippen LogP contribution is 2.30. The third-order valence-corrected chi connectivity index (χ3v) is 7.52. The molecule has 11 heteroatoms. The number of aromatic nitrogens is 7. The Balaban J connectivity index is 1.38. The van der Waals surface area contributed by atoms with E-state index in [1.807, 2.05) is 24.3 Å². The van der Waals surface area contributed by atoms with Crippen LogP contribution >= 0.6 is 0 Å². The lowest BCUT2D eigenvalue weighted by molar-refractivity contribution is 0.311. The molecule has 5 rings (SSSR count). The maximum absolute atomic E-state index is 13.0. The van der Waals surface area contributed by atoms with Gasteiger partial charge in [-0.25, -0.2) is 13.4 Å². The lowest BCUT2D eigenvalue weighted by Gasteiger charge is -2.29. The SMILES string of the molecule is Cc1nc(S(=O)(=O)N2CCC(c3nnc4ccc(-c5cccnc5)nn34)CC2)cn1C. The summed E-state index contributed by atoms with van der Waals surface area (Å²) in [5.41, 5.74) is 2.37. The van der Waals surface area contributed by atoms with Gasteiger partial charge in [0.1, 0.15) is 5.82 Å². The molecule has 0 unspecified atom stereocenters. The quantitative estimate of drug-likeness (QED) is 0.478. The summed E-state index contributed by atoms with van der Waals surface area (Å²) >= 11 is 0. The minimum atomic E-state index is -3.61. The Labute approximate surface area is 179 Å². The molecule has 0 atom stereocenters. The van der Waals surface area contributed by atoms with E-state index in [2.05, 4.69) is 20.2 Å². The van der Waals surface area contributed by atoms with Crippen LogP contribution in [0.2, 0.25) is 0 Å². The highest BCUT2D eigenvalue weighted by Gasteiger charge is 2.33. The highest BCUT2D eigenvalue weighted by atomic mass is 32.2. The number of piperidine rings is 1. The van der Waals surface area contributed by atoms with Crippen LogP contribution in [0, 0.1) is 6.92 Å². The zero-order valence-electron chi connectivity index (χ0n) is 17.2. The molecule has 4 aromatic heterocycles. The van der Waals surface area contributed by atoms with Crippen molar-refractivity contribution in [3.8, 4) is 11.3 Å². The predicted molar refractivity (Wildman–Crippen MR) is 113 cm³/mol. The number of rotatable bonds is 4. The summed E-state index contributed by atoms with van der Waals surface area (Å²) in [7, 11) is -1.82. The van der Waals surface area contributed by atoms with Crippen molar-refractivity contribution in [2.24, 2.45) is 7.05 Å². The molecule has 0 spiro atoms. The number of imidazole rings is 1. The van der Waals surface area contributed by atoms with Crippen molar-refractivity contribution in [2.75, 3.05) is 13.1 Å². The first-order chi connectivity index (χ1) is 14.9. The van der Waals surface area contributed by atoms with Crippen LogP contribution in [0.3, 0.4) is 0 Å². The van der Waals surface area contributed by atoms with Gasteiger partial charge in [-0.05, 0) is 44.0 Å². The average Bonchev–Trinajstić information content (AvgIpc) is 3.37. The Morgan fingerprint density at radius 1 is 1.10 bits per heavy atom. The fourth-order valence-electron chi connectivity index (χ4n) is 3.87. The molecule has 0 aromatic carbocycles. The van der Waals surface area contributed by atoms with Gasteiger partial charge in [0.05, 0.1) is 5.69 Å². The molecule has 1 aliphatic heterocycles. The molecule has 0 radical (unpaired) electrons. The fourth-order valence-corrected chi connectivity index (χ4v) is 5.36. The Hall–Kier alpha value is -3.18. The monoisotopic (exact) mass is 438 g/mol. The molecule has 0 saturated carbocycles. The van der Waals surface area contributed by atoms with E-state index in [9.17, 15) is 8.42 Å². The summed E-state index contributed by atoms with van der Waals surface area (Å²) in [6.07, 6.45) is 6.34. The molecular formula is C20H22N8O2S. The summed E-state index contributed by atoms with van der Waals surface area (Å²) in [6.45, 7) is 2.59. The predicted octanol–water partition coefficient (Wildman–Crippen LogP) is 1.80. The Kier molecular flexibility index (Phi) is 4.78. The normalized spacial score (nSPS) is 16.2. The van der Waals surface area contributed by atoms with Gasteiger partial charge in [0.15, 0.2) is 16.5 Å². The number of hydrogen-bond donors (Lipinski definition) is 0. The Bertz CT molecular complexity index is 1320. The van der Waals surface area contributed by atoms with Crippen LogP contribution in [0.25, 0.3) is 16.9 Å². The molecule has 1 aliphatic rings. The van der Waals surface area contributed by atoms with E-state index in [1.165, 1.54) is 4.31 Å². The number of sulfonamides is 1. The lowest BCUT2D eigenvalue weighted by atomic mass is 9.97. The van der Waals surface area contributed by atoms with E-state index >= 15 is 0 Å². The average molecular weight is 439 g/mol. The summed E-state index contributed by atoms with van der Waals surface area (Å²) in [5, 5.41) is 13.4. The lowest BCUT2D eigenvalue weighted by Crippen LogP contribution is -2.38. The van der Waals surface area contributed by atoms with Gasteiger partial charge in [0.25, 0.3) is 10.0 Å². The van der Waals surface area contributed by atoms with Gasteiger partial charge in [-0.15, -0.1) is 10.2 Å².